The Hall–Kier alpha value is -2.49. The molecule has 0 aliphatic rings. The molecule has 0 spiro atoms. The number of carboxylic acids is 1. The normalized spacial score (nSPS) is 10.2. The van der Waals surface area contributed by atoms with E-state index in [-0.39, 0.29) is 0 Å². The first-order valence-corrected chi connectivity index (χ1v) is 6.73. The van der Waals surface area contributed by atoms with E-state index in [0.717, 1.165) is 28.1 Å². The van der Waals surface area contributed by atoms with E-state index in [1.165, 1.54) is 0 Å². The third-order valence-corrected chi connectivity index (χ3v) is 3.49. The van der Waals surface area contributed by atoms with Crippen LogP contribution >= 0.6 is 0 Å². The molecule has 0 aromatic heterocycles. The molecule has 0 fully saturated rings. The molecule has 0 bridgehead atoms. The van der Waals surface area contributed by atoms with Gasteiger partial charge in [-0.1, -0.05) is 18.2 Å². The van der Waals surface area contributed by atoms with Crippen LogP contribution in [0.25, 0.3) is 0 Å². The van der Waals surface area contributed by atoms with E-state index in [1.807, 2.05) is 38.1 Å². The predicted octanol–water partition coefficient (Wildman–Crippen LogP) is 3.62. The maximum Gasteiger partial charge on any atom is 0.335 e. The van der Waals surface area contributed by atoms with Crippen molar-refractivity contribution in [2.45, 2.75) is 20.4 Å². The summed E-state index contributed by atoms with van der Waals surface area (Å²) in [6.07, 6.45) is 0. The van der Waals surface area contributed by atoms with Gasteiger partial charge < -0.3 is 15.2 Å². The largest absolute Gasteiger partial charge is 0.496 e. The summed E-state index contributed by atoms with van der Waals surface area (Å²) in [4.78, 5) is 10.8. The molecule has 0 heterocycles. The Bertz CT molecular complexity index is 648. The van der Waals surface area contributed by atoms with Crippen molar-refractivity contribution in [3.8, 4) is 5.75 Å². The lowest BCUT2D eigenvalue weighted by molar-refractivity contribution is 0.0697. The van der Waals surface area contributed by atoms with Crippen molar-refractivity contribution < 1.29 is 14.6 Å². The number of carbonyl (C=O) groups is 1. The molecule has 0 saturated heterocycles. The number of carboxylic acid groups (broad SMARTS) is 1. The van der Waals surface area contributed by atoms with Gasteiger partial charge in [0.1, 0.15) is 5.75 Å². The fourth-order valence-electron chi connectivity index (χ4n) is 2.30. The molecule has 4 nitrogen and oxygen atoms in total. The molecule has 0 radical (unpaired) electrons. The van der Waals surface area contributed by atoms with E-state index in [4.69, 9.17) is 9.84 Å². The molecule has 21 heavy (non-hydrogen) atoms. The first-order chi connectivity index (χ1) is 10.0. The van der Waals surface area contributed by atoms with Crippen LogP contribution in [0.5, 0.6) is 5.75 Å². The lowest BCUT2D eigenvalue weighted by Gasteiger charge is -2.15. The number of rotatable bonds is 5. The monoisotopic (exact) mass is 285 g/mol. The predicted molar refractivity (Wildman–Crippen MR) is 83.2 cm³/mol. The van der Waals surface area contributed by atoms with Crippen LogP contribution in [0.4, 0.5) is 5.69 Å². The average Bonchev–Trinajstić information content (AvgIpc) is 2.47. The van der Waals surface area contributed by atoms with Crippen LogP contribution in [-0.4, -0.2) is 18.2 Å². The molecular formula is C17H19NO3. The second-order valence-electron chi connectivity index (χ2n) is 4.94. The van der Waals surface area contributed by atoms with Gasteiger partial charge in [0, 0.05) is 17.8 Å². The molecule has 4 heteroatoms. The van der Waals surface area contributed by atoms with Crippen LogP contribution in [0.3, 0.4) is 0 Å². The molecule has 0 aliphatic carbocycles. The molecule has 0 unspecified atom stereocenters. The van der Waals surface area contributed by atoms with Crippen molar-refractivity contribution in [1.82, 2.24) is 0 Å². The lowest BCUT2D eigenvalue weighted by atomic mass is 10.1. The van der Waals surface area contributed by atoms with Crippen molar-refractivity contribution in [2.24, 2.45) is 0 Å². The zero-order valence-corrected chi connectivity index (χ0v) is 12.4. The van der Waals surface area contributed by atoms with Gasteiger partial charge in [0.25, 0.3) is 0 Å². The van der Waals surface area contributed by atoms with Crippen LogP contribution in [0.1, 0.15) is 27.0 Å². The number of hydrogen-bond donors (Lipinski definition) is 2. The number of aromatic carboxylic acids is 1. The molecule has 110 valence electrons. The van der Waals surface area contributed by atoms with Gasteiger partial charge in [-0.25, -0.2) is 4.79 Å². The highest BCUT2D eigenvalue weighted by Gasteiger charge is 2.08. The van der Waals surface area contributed by atoms with E-state index < -0.39 is 5.97 Å². The molecule has 2 N–H and O–H groups in total. The number of nitrogens with one attached hydrogen (secondary N) is 1. The molecule has 0 amide bonds. The van der Waals surface area contributed by atoms with Crippen molar-refractivity contribution in [3.63, 3.8) is 0 Å². The summed E-state index contributed by atoms with van der Waals surface area (Å²) >= 11 is 0. The van der Waals surface area contributed by atoms with Gasteiger partial charge in [-0.15, -0.1) is 0 Å². The lowest BCUT2D eigenvalue weighted by Crippen LogP contribution is -2.03. The first kappa shape index (κ1) is 14.9. The average molecular weight is 285 g/mol. The number of anilines is 1. The molecule has 0 atom stereocenters. The van der Waals surface area contributed by atoms with Gasteiger partial charge in [-0.2, -0.15) is 0 Å². The Morgan fingerprint density at radius 2 is 1.81 bits per heavy atom. The van der Waals surface area contributed by atoms with Gasteiger partial charge in [0.15, 0.2) is 0 Å². The Morgan fingerprint density at radius 1 is 1.14 bits per heavy atom. The van der Waals surface area contributed by atoms with Gasteiger partial charge >= 0.3 is 5.97 Å². The maximum absolute atomic E-state index is 10.8. The molecule has 0 saturated carbocycles. The van der Waals surface area contributed by atoms with Crippen molar-refractivity contribution in [3.05, 3.63) is 58.7 Å². The molecule has 0 aliphatic heterocycles. The van der Waals surface area contributed by atoms with Crippen LogP contribution in [0.2, 0.25) is 0 Å². The number of hydrogen-bond acceptors (Lipinski definition) is 3. The second-order valence-corrected chi connectivity index (χ2v) is 4.94. The summed E-state index contributed by atoms with van der Waals surface area (Å²) < 4.78 is 5.41. The van der Waals surface area contributed by atoms with E-state index in [2.05, 4.69) is 5.32 Å². The van der Waals surface area contributed by atoms with Gasteiger partial charge in [0.2, 0.25) is 0 Å². The number of ether oxygens (including phenoxy) is 1. The quantitative estimate of drug-likeness (QED) is 0.881. The van der Waals surface area contributed by atoms with Crippen LogP contribution in [0.15, 0.2) is 36.4 Å². The van der Waals surface area contributed by atoms with E-state index in [9.17, 15) is 4.79 Å². The summed E-state index contributed by atoms with van der Waals surface area (Å²) in [7, 11) is 1.67. The van der Waals surface area contributed by atoms with Crippen LogP contribution in [0, 0.1) is 13.8 Å². The standard InChI is InChI=1S/C17H19NO3/c1-11-4-9-15(12(2)16(11)21-3)18-10-13-5-7-14(8-6-13)17(19)20/h4-9,18H,10H2,1-3H3,(H,19,20). The fraction of sp³-hybridized carbons (Fsp3) is 0.235. The van der Waals surface area contributed by atoms with Crippen molar-refractivity contribution in [2.75, 3.05) is 12.4 Å². The van der Waals surface area contributed by atoms with Crippen molar-refractivity contribution >= 4 is 11.7 Å². The molecule has 2 rings (SSSR count). The van der Waals surface area contributed by atoms with Gasteiger partial charge in [-0.05, 0) is 43.2 Å². The minimum Gasteiger partial charge on any atom is -0.496 e. The third kappa shape index (κ3) is 3.34. The number of benzene rings is 2. The molecule has 2 aromatic rings. The highest BCUT2D eigenvalue weighted by Crippen LogP contribution is 2.29. The van der Waals surface area contributed by atoms with Gasteiger partial charge in [0.05, 0.1) is 12.7 Å². The van der Waals surface area contributed by atoms with Crippen LogP contribution < -0.4 is 10.1 Å². The summed E-state index contributed by atoms with van der Waals surface area (Å²) in [5.74, 6) is -0.0187. The zero-order chi connectivity index (χ0) is 15.4. The summed E-state index contributed by atoms with van der Waals surface area (Å²) in [5.41, 5.74) is 4.51. The zero-order valence-electron chi connectivity index (χ0n) is 12.4. The van der Waals surface area contributed by atoms with Gasteiger partial charge in [-0.3, -0.25) is 0 Å². The minimum absolute atomic E-state index is 0.298. The topological polar surface area (TPSA) is 58.6 Å². The Balaban J connectivity index is 2.11. The summed E-state index contributed by atoms with van der Waals surface area (Å²) in [6.45, 7) is 4.66. The molecular weight excluding hydrogens is 266 g/mol. The smallest absolute Gasteiger partial charge is 0.335 e. The van der Waals surface area contributed by atoms with E-state index in [1.54, 1.807) is 19.2 Å². The molecule has 2 aromatic carbocycles. The highest BCUT2D eigenvalue weighted by molar-refractivity contribution is 5.87. The fourth-order valence-corrected chi connectivity index (χ4v) is 2.30. The van der Waals surface area contributed by atoms with Crippen LogP contribution in [-0.2, 0) is 6.54 Å². The number of methoxy groups -OCH3 is 1. The Labute approximate surface area is 124 Å². The SMILES string of the molecule is COc1c(C)ccc(NCc2ccc(C(=O)O)cc2)c1C. The number of aryl methyl sites for hydroxylation is 1. The first-order valence-electron chi connectivity index (χ1n) is 6.73. The maximum atomic E-state index is 10.8. The Kier molecular flexibility index (Phi) is 4.48. The van der Waals surface area contributed by atoms with Crippen molar-refractivity contribution in [1.29, 1.82) is 0 Å². The Morgan fingerprint density at radius 3 is 2.38 bits per heavy atom. The highest BCUT2D eigenvalue weighted by atomic mass is 16.5. The second kappa shape index (κ2) is 6.31. The third-order valence-electron chi connectivity index (χ3n) is 3.49. The summed E-state index contributed by atoms with van der Waals surface area (Å²) in [6, 6.07) is 10.9. The van der Waals surface area contributed by atoms with E-state index >= 15 is 0 Å². The summed E-state index contributed by atoms with van der Waals surface area (Å²) in [5, 5.41) is 12.2. The van der Waals surface area contributed by atoms with E-state index in [0.29, 0.717) is 12.1 Å². The minimum atomic E-state index is -0.909.